The van der Waals surface area contributed by atoms with Crippen LogP contribution in [0.1, 0.15) is 5.56 Å². The molecule has 0 aliphatic heterocycles. The summed E-state index contributed by atoms with van der Waals surface area (Å²) in [6.45, 7) is -3.02. The molecule has 0 fully saturated rings. The summed E-state index contributed by atoms with van der Waals surface area (Å²) in [7, 11) is 1.20. The SMILES string of the molecule is COC(=O)Cc1ccc(Br)c(Cl)c1OC(F)F. The minimum Gasteiger partial charge on any atom is -0.469 e. The molecule has 0 aliphatic carbocycles. The van der Waals surface area contributed by atoms with E-state index >= 15 is 0 Å². The molecule has 0 bridgehead atoms. The Labute approximate surface area is 110 Å². The third-order valence-corrected chi connectivity index (χ3v) is 3.17. The van der Waals surface area contributed by atoms with Crippen LogP contribution in [0.25, 0.3) is 0 Å². The Bertz CT molecular complexity index is 426. The van der Waals surface area contributed by atoms with Gasteiger partial charge in [0.25, 0.3) is 0 Å². The molecular weight excluding hydrogens is 321 g/mol. The van der Waals surface area contributed by atoms with E-state index in [0.717, 1.165) is 0 Å². The summed E-state index contributed by atoms with van der Waals surface area (Å²) >= 11 is 8.89. The molecule has 1 rings (SSSR count). The quantitative estimate of drug-likeness (QED) is 0.794. The van der Waals surface area contributed by atoms with Crippen molar-refractivity contribution in [1.82, 2.24) is 0 Å². The lowest BCUT2D eigenvalue weighted by Crippen LogP contribution is -2.09. The first kappa shape index (κ1) is 14.2. The van der Waals surface area contributed by atoms with Gasteiger partial charge >= 0.3 is 12.6 Å². The van der Waals surface area contributed by atoms with Gasteiger partial charge in [0.05, 0.1) is 18.6 Å². The molecule has 1 aromatic carbocycles. The Morgan fingerprint density at radius 3 is 2.71 bits per heavy atom. The number of halogens is 4. The van der Waals surface area contributed by atoms with Crippen LogP contribution in [0.5, 0.6) is 5.75 Å². The van der Waals surface area contributed by atoms with Gasteiger partial charge in [-0.15, -0.1) is 0 Å². The van der Waals surface area contributed by atoms with Crippen LogP contribution < -0.4 is 4.74 Å². The van der Waals surface area contributed by atoms with Crippen LogP contribution in [-0.2, 0) is 16.0 Å². The van der Waals surface area contributed by atoms with Gasteiger partial charge in [-0.2, -0.15) is 8.78 Å². The Morgan fingerprint density at radius 1 is 1.53 bits per heavy atom. The second-order valence-corrected chi connectivity index (χ2v) is 4.21. The Kier molecular flexibility index (Phi) is 5.14. The number of carbonyl (C=O) groups is 1. The first-order valence-electron chi connectivity index (χ1n) is 4.44. The second kappa shape index (κ2) is 6.16. The third kappa shape index (κ3) is 3.81. The Hall–Kier alpha value is -0.880. The molecule has 0 heterocycles. The lowest BCUT2D eigenvalue weighted by molar-refractivity contribution is -0.139. The van der Waals surface area contributed by atoms with Crippen LogP contribution in [0.3, 0.4) is 0 Å². The molecule has 0 radical (unpaired) electrons. The van der Waals surface area contributed by atoms with E-state index in [-0.39, 0.29) is 22.8 Å². The largest absolute Gasteiger partial charge is 0.469 e. The van der Waals surface area contributed by atoms with Crippen molar-refractivity contribution >= 4 is 33.5 Å². The lowest BCUT2D eigenvalue weighted by Gasteiger charge is -2.12. The molecule has 0 saturated carbocycles. The van der Waals surface area contributed by atoms with Crippen molar-refractivity contribution in [3.63, 3.8) is 0 Å². The fourth-order valence-corrected chi connectivity index (χ4v) is 1.70. The maximum Gasteiger partial charge on any atom is 0.387 e. The predicted octanol–water partition coefficient (Wildman–Crippen LogP) is 3.42. The van der Waals surface area contributed by atoms with Gasteiger partial charge in [0, 0.05) is 10.0 Å². The van der Waals surface area contributed by atoms with Crippen molar-refractivity contribution < 1.29 is 23.0 Å². The first-order valence-corrected chi connectivity index (χ1v) is 5.61. The fraction of sp³-hybridized carbons (Fsp3) is 0.300. The fourth-order valence-electron chi connectivity index (χ4n) is 1.16. The van der Waals surface area contributed by atoms with Gasteiger partial charge in [0.2, 0.25) is 0 Å². The minimum absolute atomic E-state index is 0.00768. The molecule has 0 spiro atoms. The zero-order valence-electron chi connectivity index (χ0n) is 8.68. The topological polar surface area (TPSA) is 35.5 Å². The van der Waals surface area contributed by atoms with E-state index in [1.165, 1.54) is 13.2 Å². The van der Waals surface area contributed by atoms with Gasteiger partial charge in [-0.3, -0.25) is 4.79 Å². The smallest absolute Gasteiger partial charge is 0.387 e. The minimum atomic E-state index is -3.02. The zero-order valence-corrected chi connectivity index (χ0v) is 11.0. The van der Waals surface area contributed by atoms with Crippen LogP contribution in [0, 0.1) is 0 Å². The maximum atomic E-state index is 12.2. The van der Waals surface area contributed by atoms with E-state index in [1.54, 1.807) is 6.07 Å². The van der Waals surface area contributed by atoms with Gasteiger partial charge in [0.1, 0.15) is 5.75 Å². The van der Waals surface area contributed by atoms with E-state index in [0.29, 0.717) is 4.47 Å². The lowest BCUT2D eigenvalue weighted by atomic mass is 10.1. The van der Waals surface area contributed by atoms with Crippen molar-refractivity contribution in [3.05, 3.63) is 27.2 Å². The number of rotatable bonds is 4. The summed E-state index contributed by atoms with van der Waals surface area (Å²) in [5.74, 6) is -0.788. The highest BCUT2D eigenvalue weighted by atomic mass is 79.9. The molecule has 0 atom stereocenters. The number of methoxy groups -OCH3 is 1. The number of benzene rings is 1. The molecule has 0 saturated heterocycles. The van der Waals surface area contributed by atoms with Gasteiger partial charge in [0.15, 0.2) is 0 Å². The highest BCUT2D eigenvalue weighted by Gasteiger charge is 2.18. The van der Waals surface area contributed by atoms with Crippen molar-refractivity contribution in [1.29, 1.82) is 0 Å². The Balaban J connectivity index is 3.10. The summed E-state index contributed by atoms with van der Waals surface area (Å²) in [6.07, 6.45) is -0.189. The van der Waals surface area contributed by atoms with E-state index in [2.05, 4.69) is 25.4 Å². The van der Waals surface area contributed by atoms with Crippen molar-refractivity contribution in [3.8, 4) is 5.75 Å². The van der Waals surface area contributed by atoms with E-state index in [4.69, 9.17) is 11.6 Å². The normalized spacial score (nSPS) is 10.5. The van der Waals surface area contributed by atoms with Gasteiger partial charge < -0.3 is 9.47 Å². The number of ether oxygens (including phenoxy) is 2. The molecule has 0 aromatic heterocycles. The van der Waals surface area contributed by atoms with Crippen molar-refractivity contribution in [2.24, 2.45) is 0 Å². The molecule has 0 aliphatic rings. The maximum absolute atomic E-state index is 12.2. The number of carbonyl (C=O) groups excluding carboxylic acids is 1. The number of esters is 1. The molecule has 3 nitrogen and oxygen atoms in total. The van der Waals surface area contributed by atoms with Crippen molar-refractivity contribution in [2.45, 2.75) is 13.0 Å². The standard InChI is InChI=1S/C10H8BrClF2O3/c1-16-7(15)4-5-2-3-6(11)8(12)9(5)17-10(13)14/h2-3,10H,4H2,1H3. The first-order chi connectivity index (χ1) is 7.95. The summed E-state index contributed by atoms with van der Waals surface area (Å²) < 4.78 is 33.6. The van der Waals surface area contributed by atoms with Crippen LogP contribution in [0.2, 0.25) is 5.02 Å². The molecule has 0 unspecified atom stereocenters. The molecule has 17 heavy (non-hydrogen) atoms. The second-order valence-electron chi connectivity index (χ2n) is 2.98. The number of hydrogen-bond acceptors (Lipinski definition) is 3. The Morgan fingerprint density at radius 2 is 2.18 bits per heavy atom. The summed E-state index contributed by atoms with van der Waals surface area (Å²) in [6, 6.07) is 3.00. The molecule has 94 valence electrons. The highest BCUT2D eigenvalue weighted by Crippen LogP contribution is 2.36. The third-order valence-electron chi connectivity index (χ3n) is 1.90. The average Bonchev–Trinajstić information content (AvgIpc) is 2.28. The van der Waals surface area contributed by atoms with Crippen LogP contribution in [0.4, 0.5) is 8.78 Å². The summed E-state index contributed by atoms with van der Waals surface area (Å²) in [5, 5.41) is -0.00768. The molecular formula is C10H8BrClF2O3. The van der Waals surface area contributed by atoms with E-state index in [1.807, 2.05) is 0 Å². The van der Waals surface area contributed by atoms with Crippen molar-refractivity contribution in [2.75, 3.05) is 7.11 Å². The predicted molar refractivity (Wildman–Crippen MR) is 61.5 cm³/mol. The zero-order chi connectivity index (χ0) is 13.0. The van der Waals surface area contributed by atoms with Gasteiger partial charge in [-0.1, -0.05) is 17.7 Å². The molecule has 1 aromatic rings. The van der Waals surface area contributed by atoms with E-state index < -0.39 is 12.6 Å². The summed E-state index contributed by atoms with van der Waals surface area (Å²) in [4.78, 5) is 11.1. The van der Waals surface area contributed by atoms with Gasteiger partial charge in [-0.05, 0) is 22.0 Å². The van der Waals surface area contributed by atoms with Crippen LogP contribution >= 0.6 is 27.5 Å². The van der Waals surface area contributed by atoms with Crippen LogP contribution in [0.15, 0.2) is 16.6 Å². The molecule has 0 amide bonds. The highest BCUT2D eigenvalue weighted by molar-refractivity contribution is 9.10. The molecule has 7 heteroatoms. The monoisotopic (exact) mass is 328 g/mol. The van der Waals surface area contributed by atoms with E-state index in [9.17, 15) is 13.6 Å². The number of alkyl halides is 2. The van der Waals surface area contributed by atoms with Crippen LogP contribution in [-0.4, -0.2) is 19.7 Å². The number of hydrogen-bond donors (Lipinski definition) is 0. The molecule has 0 N–H and O–H groups in total. The summed E-state index contributed by atoms with van der Waals surface area (Å²) in [5.41, 5.74) is 0.241. The average molecular weight is 330 g/mol. The van der Waals surface area contributed by atoms with Gasteiger partial charge in [-0.25, -0.2) is 0 Å².